The van der Waals surface area contributed by atoms with Gasteiger partial charge in [0.2, 0.25) is 0 Å². The van der Waals surface area contributed by atoms with Gasteiger partial charge in [0, 0.05) is 0 Å². The van der Waals surface area contributed by atoms with Crippen molar-refractivity contribution in [3.8, 4) is 0 Å². The van der Waals surface area contributed by atoms with Gasteiger partial charge in [-0.2, -0.15) is 0 Å². The predicted octanol–water partition coefficient (Wildman–Crippen LogP) is 16.7. The van der Waals surface area contributed by atoms with Crippen molar-refractivity contribution < 1.29 is 5.11 Å². The summed E-state index contributed by atoms with van der Waals surface area (Å²) in [6, 6.07) is 0. The van der Waals surface area contributed by atoms with Gasteiger partial charge in [0.25, 0.3) is 0 Å². The quantitative estimate of drug-likeness (QED) is 0.0712. The maximum Gasteiger partial charge on any atom is 0.0614 e. The van der Waals surface area contributed by atoms with Crippen molar-refractivity contribution in [1.82, 2.24) is 0 Å². The fraction of sp³-hybridized carbons (Fsp3) is 0.720. The zero-order chi connectivity index (χ0) is 38.3. The topological polar surface area (TPSA) is 20.2 Å². The van der Waals surface area contributed by atoms with E-state index in [2.05, 4.69) is 113 Å². The van der Waals surface area contributed by atoms with Crippen molar-refractivity contribution in [3.05, 3.63) is 81.5 Å². The lowest BCUT2D eigenvalue weighted by atomic mass is 9.91. The molecule has 51 heavy (non-hydrogen) atoms. The molecule has 1 N–H and O–H groups in total. The fourth-order valence-corrected chi connectivity index (χ4v) is 6.86. The summed E-state index contributed by atoms with van der Waals surface area (Å²) < 4.78 is 0. The summed E-state index contributed by atoms with van der Waals surface area (Å²) in [5.74, 6) is 2.64. The van der Waals surface area contributed by atoms with Crippen LogP contribution in [0.15, 0.2) is 81.5 Å². The van der Waals surface area contributed by atoms with E-state index in [4.69, 9.17) is 5.11 Å². The van der Waals surface area contributed by atoms with Crippen LogP contribution in [0, 0.1) is 17.8 Å². The summed E-state index contributed by atoms with van der Waals surface area (Å²) in [5.41, 5.74) is 10.5. The van der Waals surface area contributed by atoms with Gasteiger partial charge >= 0.3 is 0 Å². The molecule has 0 saturated carbocycles. The molecule has 0 aliphatic carbocycles. The summed E-state index contributed by atoms with van der Waals surface area (Å²) in [6.07, 6.45) is 42.9. The molecule has 0 amide bonds. The number of rotatable bonds is 31. The molecule has 0 spiro atoms. The average molecular weight is 705 g/mol. The van der Waals surface area contributed by atoms with E-state index >= 15 is 0 Å². The van der Waals surface area contributed by atoms with Gasteiger partial charge in [-0.3, -0.25) is 0 Å². The first kappa shape index (κ1) is 49.1. The van der Waals surface area contributed by atoms with Crippen LogP contribution in [0.5, 0.6) is 0 Å². The van der Waals surface area contributed by atoms with Crippen molar-refractivity contribution >= 4 is 0 Å². The monoisotopic (exact) mass is 705 g/mol. The highest BCUT2D eigenvalue weighted by molar-refractivity contribution is 5.09. The highest BCUT2D eigenvalue weighted by atomic mass is 16.2. The van der Waals surface area contributed by atoms with E-state index in [1.807, 2.05) is 6.08 Å². The third kappa shape index (κ3) is 33.7. The van der Waals surface area contributed by atoms with Gasteiger partial charge in [0.05, 0.1) is 6.61 Å². The van der Waals surface area contributed by atoms with Crippen molar-refractivity contribution in [2.75, 3.05) is 6.61 Å². The normalized spacial score (nSPS) is 15.7. The van der Waals surface area contributed by atoms with E-state index in [9.17, 15) is 0 Å². The van der Waals surface area contributed by atoms with Crippen LogP contribution in [0.1, 0.15) is 211 Å². The van der Waals surface area contributed by atoms with Gasteiger partial charge < -0.3 is 5.11 Å². The van der Waals surface area contributed by atoms with Crippen molar-refractivity contribution in [1.29, 1.82) is 0 Å². The molecule has 0 aromatic rings. The minimum atomic E-state index is 0.152. The Hall–Kier alpha value is -1.86. The summed E-state index contributed by atoms with van der Waals surface area (Å²) in [7, 11) is 0. The van der Waals surface area contributed by atoms with Gasteiger partial charge in [-0.25, -0.2) is 0 Å². The Morgan fingerprint density at radius 2 is 0.608 bits per heavy atom. The number of aliphatic hydroxyl groups is 1. The van der Waals surface area contributed by atoms with Crippen LogP contribution in [0.3, 0.4) is 0 Å². The zero-order valence-electron chi connectivity index (χ0n) is 36.3. The number of aliphatic hydroxyl groups excluding tert-OH is 1. The first-order valence-electron chi connectivity index (χ1n) is 21.5. The molecule has 0 radical (unpaired) electrons. The number of allylic oxidation sites excluding steroid dienone is 13. The van der Waals surface area contributed by atoms with E-state index in [-0.39, 0.29) is 6.61 Å². The van der Waals surface area contributed by atoms with E-state index in [0.29, 0.717) is 0 Å². The molecule has 0 unspecified atom stereocenters. The van der Waals surface area contributed by atoms with Gasteiger partial charge in [-0.15, -0.1) is 0 Å². The zero-order valence-corrected chi connectivity index (χ0v) is 36.3. The van der Waals surface area contributed by atoms with E-state index in [1.165, 1.54) is 124 Å². The van der Waals surface area contributed by atoms with Crippen molar-refractivity contribution in [3.63, 3.8) is 0 Å². The fourth-order valence-electron chi connectivity index (χ4n) is 6.86. The van der Waals surface area contributed by atoms with Crippen LogP contribution in [-0.2, 0) is 0 Å². The Bertz CT molecular complexity index is 1080. The maximum atomic E-state index is 8.98. The van der Waals surface area contributed by atoms with Crippen LogP contribution in [0.4, 0.5) is 0 Å². The first-order valence-corrected chi connectivity index (χ1v) is 21.5. The van der Waals surface area contributed by atoms with E-state index < -0.39 is 0 Å². The van der Waals surface area contributed by atoms with Crippen LogP contribution in [0.25, 0.3) is 0 Å². The third-order valence-electron chi connectivity index (χ3n) is 10.8. The third-order valence-corrected chi connectivity index (χ3v) is 10.8. The molecule has 0 aromatic heterocycles. The van der Waals surface area contributed by atoms with Gasteiger partial charge in [-0.1, -0.05) is 154 Å². The lowest BCUT2D eigenvalue weighted by Gasteiger charge is -2.15. The number of hydrogen-bond acceptors (Lipinski definition) is 1. The summed E-state index contributed by atoms with van der Waals surface area (Å²) in [4.78, 5) is 0. The standard InChI is InChI=1S/C50H88O/c1-41(2)21-12-22-42(3)23-13-24-43(4)25-14-26-44(5)27-15-28-45(6)29-16-30-46(7)31-17-32-47(8)33-18-34-48(9)35-19-36-49(10)37-20-38-50(11)39-40-51/h27,29,31,33,35,37,39,41-43,51H,12-26,28,30,32,34,36,38,40H2,1-11H3/b44-27+,45-29-,46-31-,47-33-,48-35-,49-37-,50-39-/t42-,43-/m0/s1. The van der Waals surface area contributed by atoms with Crippen LogP contribution in [-0.4, -0.2) is 11.7 Å². The highest BCUT2D eigenvalue weighted by Gasteiger charge is 2.07. The lowest BCUT2D eigenvalue weighted by molar-refractivity contribution is 0.341. The molecule has 0 rings (SSSR count). The molecule has 0 aliphatic heterocycles. The maximum absolute atomic E-state index is 8.98. The molecule has 0 saturated heterocycles. The molecular formula is C50H88O. The molecule has 0 fully saturated rings. The van der Waals surface area contributed by atoms with Gasteiger partial charge in [-0.05, 0) is 156 Å². The predicted molar refractivity (Wildman–Crippen MR) is 234 cm³/mol. The molecule has 0 aliphatic rings. The Labute approximate surface area is 321 Å². The first-order chi connectivity index (χ1) is 24.3. The molecule has 1 nitrogen and oxygen atoms in total. The second-order valence-electron chi connectivity index (χ2n) is 17.1. The average Bonchev–Trinajstić information content (AvgIpc) is 3.04. The Balaban J connectivity index is 4.12. The Morgan fingerprint density at radius 3 is 0.902 bits per heavy atom. The Morgan fingerprint density at radius 1 is 0.353 bits per heavy atom. The van der Waals surface area contributed by atoms with Gasteiger partial charge in [0.15, 0.2) is 0 Å². The summed E-state index contributed by atoms with van der Waals surface area (Å²) in [5, 5.41) is 8.98. The largest absolute Gasteiger partial charge is 0.392 e. The van der Waals surface area contributed by atoms with Crippen LogP contribution in [0.2, 0.25) is 0 Å². The van der Waals surface area contributed by atoms with E-state index in [1.54, 1.807) is 11.1 Å². The molecule has 0 heterocycles. The van der Waals surface area contributed by atoms with Crippen molar-refractivity contribution in [2.45, 2.75) is 211 Å². The molecule has 0 aromatic carbocycles. The highest BCUT2D eigenvalue weighted by Crippen LogP contribution is 2.23. The minimum Gasteiger partial charge on any atom is -0.392 e. The minimum absolute atomic E-state index is 0.152. The summed E-state index contributed by atoms with van der Waals surface area (Å²) >= 11 is 0. The molecule has 2 atom stereocenters. The summed E-state index contributed by atoms with van der Waals surface area (Å²) in [6.45, 7) is 25.7. The lowest BCUT2D eigenvalue weighted by Crippen LogP contribution is -2.00. The van der Waals surface area contributed by atoms with Crippen LogP contribution >= 0.6 is 0 Å². The number of hydrogen-bond donors (Lipinski definition) is 1. The second-order valence-corrected chi connectivity index (χ2v) is 17.1. The van der Waals surface area contributed by atoms with Crippen LogP contribution < -0.4 is 0 Å². The van der Waals surface area contributed by atoms with Crippen molar-refractivity contribution in [2.24, 2.45) is 17.8 Å². The molecular weight excluding hydrogens is 617 g/mol. The molecule has 1 heteroatoms. The molecule has 0 bridgehead atoms. The van der Waals surface area contributed by atoms with E-state index in [0.717, 1.165) is 56.3 Å². The Kier molecular flexibility index (Phi) is 31.6. The second kappa shape index (κ2) is 32.8. The SMILES string of the molecule is C/C(=C/CO)CC/C=C(/C)CC/C=C(/C)CC/C=C(/C)CC/C=C(/C)CC/C=C(/C)CC/C=C(\C)CCC[C@@H](C)CCC[C@@H](C)CCCC(C)C. The molecule has 294 valence electrons. The smallest absolute Gasteiger partial charge is 0.0614 e. The van der Waals surface area contributed by atoms with Gasteiger partial charge in [0.1, 0.15) is 0 Å².